The zero-order valence-corrected chi connectivity index (χ0v) is 10.9. The van der Waals surface area contributed by atoms with Gasteiger partial charge < -0.3 is 5.73 Å². The molecule has 0 aromatic rings. The fourth-order valence-corrected chi connectivity index (χ4v) is 3.39. The number of allylic oxidation sites excluding steroid dienone is 4. The first kappa shape index (κ1) is 12.0. The number of nitriles is 1. The summed E-state index contributed by atoms with van der Waals surface area (Å²) in [4.78, 5) is 13.0. The molecule has 2 N–H and O–H groups in total. The van der Waals surface area contributed by atoms with Crippen molar-refractivity contribution in [1.82, 2.24) is 0 Å². The second kappa shape index (κ2) is 4.08. The highest BCUT2D eigenvalue weighted by Gasteiger charge is 2.38. The van der Waals surface area contributed by atoms with Crippen molar-refractivity contribution in [3.63, 3.8) is 0 Å². The van der Waals surface area contributed by atoms with E-state index in [-0.39, 0.29) is 17.6 Å². The molecule has 88 valence electrons. The topological polar surface area (TPSA) is 66.9 Å². The van der Waals surface area contributed by atoms with Gasteiger partial charge in [0.05, 0.1) is 16.7 Å². The summed E-state index contributed by atoms with van der Waals surface area (Å²) < 4.78 is 0. The molecule has 2 rings (SSSR count). The van der Waals surface area contributed by atoms with Gasteiger partial charge in [0.2, 0.25) is 0 Å². The third-order valence-electron chi connectivity index (χ3n) is 3.11. The standard InChI is InChI=1S/C13H14N2OS/c1-6(2)10-8(5-14)13(15)17-9-4-7(3)12(16)11(9)10/h4,6,10H,15H2,1-3H3. The maximum absolute atomic E-state index is 12.1. The van der Waals surface area contributed by atoms with Gasteiger partial charge in [0, 0.05) is 16.4 Å². The molecule has 0 radical (unpaired) electrons. The zero-order valence-electron chi connectivity index (χ0n) is 10.1. The van der Waals surface area contributed by atoms with E-state index in [0.29, 0.717) is 10.6 Å². The minimum absolute atomic E-state index is 0.0615. The minimum atomic E-state index is -0.155. The molecule has 0 bridgehead atoms. The Balaban J connectivity index is 2.54. The molecule has 1 unspecified atom stereocenters. The second-order valence-electron chi connectivity index (χ2n) is 4.65. The lowest BCUT2D eigenvalue weighted by molar-refractivity contribution is -0.112. The van der Waals surface area contributed by atoms with Crippen LogP contribution in [0.5, 0.6) is 0 Å². The van der Waals surface area contributed by atoms with Crippen LogP contribution in [0.15, 0.2) is 32.7 Å². The molecule has 1 aliphatic carbocycles. The Morgan fingerprint density at radius 1 is 1.53 bits per heavy atom. The summed E-state index contributed by atoms with van der Waals surface area (Å²) in [6.45, 7) is 5.83. The number of ketones is 1. The smallest absolute Gasteiger partial charge is 0.186 e. The number of rotatable bonds is 1. The minimum Gasteiger partial charge on any atom is -0.392 e. The van der Waals surface area contributed by atoms with Gasteiger partial charge in [-0.1, -0.05) is 25.6 Å². The number of carbonyl (C=O) groups excluding carboxylic acids is 1. The van der Waals surface area contributed by atoms with Crippen LogP contribution in [-0.2, 0) is 4.79 Å². The lowest BCUT2D eigenvalue weighted by atomic mass is 9.81. The molecule has 2 aliphatic rings. The summed E-state index contributed by atoms with van der Waals surface area (Å²) in [6, 6.07) is 2.16. The summed E-state index contributed by atoms with van der Waals surface area (Å²) in [6.07, 6.45) is 1.87. The number of nitrogens with two attached hydrogens (primary N) is 1. The van der Waals surface area contributed by atoms with E-state index >= 15 is 0 Å². The van der Waals surface area contributed by atoms with Crippen LogP contribution in [0.25, 0.3) is 0 Å². The van der Waals surface area contributed by atoms with Gasteiger partial charge in [0.25, 0.3) is 0 Å². The van der Waals surface area contributed by atoms with Gasteiger partial charge in [-0.2, -0.15) is 5.26 Å². The number of Topliss-reactive ketones (excluding diaryl/α,β-unsaturated/α-hetero) is 1. The third-order valence-corrected chi connectivity index (χ3v) is 4.11. The highest BCUT2D eigenvalue weighted by atomic mass is 32.2. The van der Waals surface area contributed by atoms with Gasteiger partial charge >= 0.3 is 0 Å². The van der Waals surface area contributed by atoms with E-state index in [0.717, 1.165) is 16.1 Å². The van der Waals surface area contributed by atoms with Crippen molar-refractivity contribution in [3.8, 4) is 6.07 Å². The van der Waals surface area contributed by atoms with Crippen molar-refractivity contribution in [1.29, 1.82) is 5.26 Å². The van der Waals surface area contributed by atoms with Crippen molar-refractivity contribution in [3.05, 3.63) is 32.7 Å². The first-order valence-corrected chi connectivity index (χ1v) is 6.33. The van der Waals surface area contributed by atoms with Crippen LogP contribution in [-0.4, -0.2) is 5.78 Å². The van der Waals surface area contributed by atoms with Crippen LogP contribution in [0.1, 0.15) is 20.8 Å². The molecule has 1 aliphatic heterocycles. The fourth-order valence-electron chi connectivity index (χ4n) is 2.31. The summed E-state index contributed by atoms with van der Waals surface area (Å²) in [5.74, 6) is 0.0984. The van der Waals surface area contributed by atoms with Crippen LogP contribution in [0.3, 0.4) is 0 Å². The molecule has 0 aromatic heterocycles. The number of hydrogen-bond acceptors (Lipinski definition) is 4. The molecule has 1 atom stereocenters. The van der Waals surface area contributed by atoms with Crippen LogP contribution in [0.2, 0.25) is 0 Å². The Labute approximate surface area is 105 Å². The maximum atomic E-state index is 12.1. The van der Waals surface area contributed by atoms with Crippen LogP contribution >= 0.6 is 11.8 Å². The molecule has 17 heavy (non-hydrogen) atoms. The van der Waals surface area contributed by atoms with Crippen LogP contribution in [0.4, 0.5) is 0 Å². The number of hydrogen-bond donors (Lipinski definition) is 1. The molecule has 4 heteroatoms. The maximum Gasteiger partial charge on any atom is 0.186 e. The molecule has 0 saturated heterocycles. The Morgan fingerprint density at radius 2 is 2.18 bits per heavy atom. The molecule has 0 fully saturated rings. The van der Waals surface area contributed by atoms with Crippen molar-refractivity contribution in [2.45, 2.75) is 20.8 Å². The van der Waals surface area contributed by atoms with Gasteiger partial charge in [-0.05, 0) is 24.5 Å². The lowest BCUT2D eigenvalue weighted by Crippen LogP contribution is -2.24. The van der Waals surface area contributed by atoms with Crippen molar-refractivity contribution >= 4 is 17.5 Å². The molecular formula is C13H14N2OS. The Kier molecular flexibility index (Phi) is 2.88. The van der Waals surface area contributed by atoms with E-state index in [1.807, 2.05) is 19.9 Å². The van der Waals surface area contributed by atoms with E-state index in [1.165, 1.54) is 11.8 Å². The summed E-state index contributed by atoms with van der Waals surface area (Å²) in [5.41, 5.74) is 7.95. The molecule has 3 nitrogen and oxygen atoms in total. The van der Waals surface area contributed by atoms with Gasteiger partial charge in [0.15, 0.2) is 5.78 Å². The number of thioether (sulfide) groups is 1. The molecule has 0 saturated carbocycles. The highest BCUT2D eigenvalue weighted by molar-refractivity contribution is 8.07. The van der Waals surface area contributed by atoms with Gasteiger partial charge in [-0.15, -0.1) is 0 Å². The monoisotopic (exact) mass is 246 g/mol. The summed E-state index contributed by atoms with van der Waals surface area (Å²) in [5, 5.41) is 9.73. The number of nitrogens with zero attached hydrogens (tertiary/aromatic N) is 1. The van der Waals surface area contributed by atoms with Crippen molar-refractivity contribution in [2.75, 3.05) is 0 Å². The molecule has 0 aromatic carbocycles. The van der Waals surface area contributed by atoms with Crippen molar-refractivity contribution < 1.29 is 4.79 Å². The predicted octanol–water partition coefficient (Wildman–Crippen LogP) is 2.48. The van der Waals surface area contributed by atoms with Gasteiger partial charge in [0.1, 0.15) is 0 Å². The Hall–Kier alpha value is -1.47. The number of carbonyl (C=O) groups is 1. The first-order valence-electron chi connectivity index (χ1n) is 5.52. The molecule has 1 heterocycles. The largest absolute Gasteiger partial charge is 0.392 e. The molecule has 0 spiro atoms. The van der Waals surface area contributed by atoms with E-state index in [4.69, 9.17) is 5.73 Å². The van der Waals surface area contributed by atoms with E-state index in [1.54, 1.807) is 6.92 Å². The lowest BCUT2D eigenvalue weighted by Gasteiger charge is -2.27. The molecular weight excluding hydrogens is 232 g/mol. The summed E-state index contributed by atoms with van der Waals surface area (Å²) in [7, 11) is 0. The third kappa shape index (κ3) is 1.71. The van der Waals surface area contributed by atoms with Gasteiger partial charge in [-0.3, -0.25) is 4.79 Å². The Bertz CT molecular complexity index is 532. The average molecular weight is 246 g/mol. The first-order chi connectivity index (χ1) is 7.97. The van der Waals surface area contributed by atoms with E-state index < -0.39 is 0 Å². The second-order valence-corrected chi connectivity index (χ2v) is 5.73. The van der Waals surface area contributed by atoms with Crippen LogP contribution in [0, 0.1) is 23.2 Å². The SMILES string of the molecule is CC1=CC2=C(C1=O)C(C(C)C)C(C#N)=C(N)S2. The predicted molar refractivity (Wildman–Crippen MR) is 68.5 cm³/mol. The summed E-state index contributed by atoms with van der Waals surface area (Å²) >= 11 is 1.34. The van der Waals surface area contributed by atoms with E-state index in [2.05, 4.69) is 6.07 Å². The quantitative estimate of drug-likeness (QED) is 0.771. The zero-order chi connectivity index (χ0) is 12.7. The molecule has 0 amide bonds. The normalized spacial score (nSPS) is 24.1. The van der Waals surface area contributed by atoms with Gasteiger partial charge in [-0.25, -0.2) is 0 Å². The van der Waals surface area contributed by atoms with Crippen LogP contribution < -0.4 is 5.73 Å². The van der Waals surface area contributed by atoms with Crippen molar-refractivity contribution in [2.24, 2.45) is 17.6 Å². The van der Waals surface area contributed by atoms with E-state index in [9.17, 15) is 10.1 Å². The Morgan fingerprint density at radius 3 is 2.71 bits per heavy atom. The average Bonchev–Trinajstić information content (AvgIpc) is 2.52. The fraction of sp³-hybridized carbons (Fsp3) is 0.385. The highest BCUT2D eigenvalue weighted by Crippen LogP contribution is 2.47.